The molecule has 0 saturated heterocycles. The quantitative estimate of drug-likeness (QED) is 0.840. The van der Waals surface area contributed by atoms with E-state index < -0.39 is 10.0 Å². The normalized spacial score (nSPS) is 10.6. The highest BCUT2D eigenvalue weighted by molar-refractivity contribution is 7.91. The Morgan fingerprint density at radius 2 is 1.95 bits per heavy atom. The van der Waals surface area contributed by atoms with Gasteiger partial charge in [-0.1, -0.05) is 17.9 Å². The van der Waals surface area contributed by atoms with Gasteiger partial charge in [-0.05, 0) is 35.7 Å². The first-order valence-electron chi connectivity index (χ1n) is 6.37. The summed E-state index contributed by atoms with van der Waals surface area (Å²) in [6.45, 7) is 1.47. The fourth-order valence-electron chi connectivity index (χ4n) is 1.61. The number of thiophene rings is 1. The van der Waals surface area contributed by atoms with Gasteiger partial charge >= 0.3 is 0 Å². The Bertz CT molecular complexity index is 799. The molecule has 0 aliphatic carbocycles. The van der Waals surface area contributed by atoms with Gasteiger partial charge in [0.15, 0.2) is 0 Å². The first-order chi connectivity index (χ1) is 10.5. The Balaban J connectivity index is 1.93. The molecule has 0 fully saturated rings. The van der Waals surface area contributed by atoms with Crippen molar-refractivity contribution in [2.45, 2.75) is 11.1 Å². The minimum absolute atomic E-state index is 0.0354. The molecule has 0 aliphatic rings. The second kappa shape index (κ2) is 7.22. The Morgan fingerprint density at radius 3 is 2.55 bits per heavy atom. The molecule has 0 atom stereocenters. The molecular formula is C15H14N2O3S2. The fourth-order valence-corrected chi connectivity index (χ4v) is 3.57. The number of anilines is 1. The molecule has 1 aromatic heterocycles. The summed E-state index contributed by atoms with van der Waals surface area (Å²) in [5, 5.41) is 4.36. The highest BCUT2D eigenvalue weighted by Crippen LogP contribution is 2.14. The first-order valence-corrected chi connectivity index (χ1v) is 8.73. The van der Waals surface area contributed by atoms with Crippen molar-refractivity contribution in [1.82, 2.24) is 4.72 Å². The number of carbonyl (C=O) groups excluding carboxylic acids is 1. The molecule has 2 rings (SSSR count). The third kappa shape index (κ3) is 4.70. The summed E-state index contributed by atoms with van der Waals surface area (Å²) in [5.74, 6) is 5.48. The van der Waals surface area contributed by atoms with Crippen LogP contribution in [-0.2, 0) is 14.8 Å². The predicted octanol–water partition coefficient (Wildman–Crippen LogP) is 2.04. The van der Waals surface area contributed by atoms with Crippen molar-refractivity contribution in [3.05, 3.63) is 47.3 Å². The van der Waals surface area contributed by atoms with Crippen molar-refractivity contribution in [2.75, 3.05) is 11.9 Å². The summed E-state index contributed by atoms with van der Waals surface area (Å²) in [6, 6.07) is 10.2. The molecule has 2 aromatic rings. The molecule has 22 heavy (non-hydrogen) atoms. The number of nitrogens with one attached hydrogen (secondary N) is 2. The van der Waals surface area contributed by atoms with E-state index in [1.54, 1.807) is 41.8 Å². The number of hydrogen-bond donors (Lipinski definition) is 2. The molecule has 1 heterocycles. The van der Waals surface area contributed by atoms with E-state index in [9.17, 15) is 13.2 Å². The monoisotopic (exact) mass is 334 g/mol. The minimum atomic E-state index is -3.47. The van der Waals surface area contributed by atoms with E-state index in [0.717, 1.165) is 16.9 Å². The number of rotatable bonds is 4. The van der Waals surface area contributed by atoms with Crippen LogP contribution in [0.15, 0.2) is 46.0 Å². The Morgan fingerprint density at radius 1 is 1.23 bits per heavy atom. The summed E-state index contributed by atoms with van der Waals surface area (Å²) >= 11 is 1.16. The van der Waals surface area contributed by atoms with Gasteiger partial charge in [-0.3, -0.25) is 4.79 Å². The van der Waals surface area contributed by atoms with E-state index in [1.807, 2.05) is 0 Å². The van der Waals surface area contributed by atoms with Gasteiger partial charge in [0.2, 0.25) is 5.91 Å². The number of amides is 1. The van der Waals surface area contributed by atoms with Crippen molar-refractivity contribution in [3.63, 3.8) is 0 Å². The average Bonchev–Trinajstić information content (AvgIpc) is 3.00. The topological polar surface area (TPSA) is 75.3 Å². The van der Waals surface area contributed by atoms with Gasteiger partial charge in [0, 0.05) is 18.2 Å². The highest BCUT2D eigenvalue weighted by atomic mass is 32.2. The van der Waals surface area contributed by atoms with Crippen LogP contribution in [-0.4, -0.2) is 20.9 Å². The minimum Gasteiger partial charge on any atom is -0.326 e. The van der Waals surface area contributed by atoms with Crippen molar-refractivity contribution in [1.29, 1.82) is 0 Å². The summed E-state index contributed by atoms with van der Waals surface area (Å²) in [7, 11) is -3.47. The van der Waals surface area contributed by atoms with Crippen LogP contribution < -0.4 is 10.0 Å². The average molecular weight is 334 g/mol. The van der Waals surface area contributed by atoms with E-state index >= 15 is 0 Å². The van der Waals surface area contributed by atoms with Crippen LogP contribution in [0.1, 0.15) is 12.5 Å². The van der Waals surface area contributed by atoms with Crippen LogP contribution in [0.25, 0.3) is 0 Å². The zero-order valence-corrected chi connectivity index (χ0v) is 13.4. The molecule has 1 amide bonds. The van der Waals surface area contributed by atoms with Crippen LogP contribution >= 0.6 is 11.3 Å². The zero-order chi connectivity index (χ0) is 16.0. The number of sulfonamides is 1. The van der Waals surface area contributed by atoms with Gasteiger partial charge in [0.05, 0.1) is 6.54 Å². The van der Waals surface area contributed by atoms with Crippen molar-refractivity contribution >= 4 is 33.0 Å². The molecule has 0 unspecified atom stereocenters. The molecule has 5 nitrogen and oxygen atoms in total. The Kier molecular flexibility index (Phi) is 5.33. The molecule has 0 saturated carbocycles. The second-order valence-electron chi connectivity index (χ2n) is 4.32. The Hall–Kier alpha value is -2.14. The molecule has 2 N–H and O–H groups in total. The van der Waals surface area contributed by atoms with E-state index in [4.69, 9.17) is 0 Å². The lowest BCUT2D eigenvalue weighted by Gasteiger charge is -2.01. The highest BCUT2D eigenvalue weighted by Gasteiger charge is 2.12. The standard InChI is InChI=1S/C15H14N2O3S2/c1-12(18)17-14-8-6-13(7-9-14)4-2-10-16-22(19,20)15-5-3-11-21-15/h3,5-9,11,16H,10H2,1H3,(H,17,18). The largest absolute Gasteiger partial charge is 0.326 e. The third-order valence-electron chi connectivity index (χ3n) is 2.55. The molecule has 114 valence electrons. The maximum absolute atomic E-state index is 11.8. The van der Waals surface area contributed by atoms with Gasteiger partial charge in [-0.25, -0.2) is 8.42 Å². The van der Waals surface area contributed by atoms with Gasteiger partial charge < -0.3 is 5.32 Å². The lowest BCUT2D eigenvalue weighted by Crippen LogP contribution is -2.23. The Labute approximate surface area is 133 Å². The van der Waals surface area contributed by atoms with Gasteiger partial charge in [0.1, 0.15) is 4.21 Å². The van der Waals surface area contributed by atoms with Gasteiger partial charge in [-0.15, -0.1) is 11.3 Å². The lowest BCUT2D eigenvalue weighted by atomic mass is 10.2. The SMILES string of the molecule is CC(=O)Nc1ccc(C#CCNS(=O)(=O)c2cccs2)cc1. The smallest absolute Gasteiger partial charge is 0.250 e. The van der Waals surface area contributed by atoms with Crippen LogP contribution in [0.2, 0.25) is 0 Å². The summed E-state index contributed by atoms with van der Waals surface area (Å²) in [6.07, 6.45) is 0. The molecular weight excluding hydrogens is 320 g/mol. The van der Waals surface area contributed by atoms with E-state index in [-0.39, 0.29) is 16.7 Å². The first kappa shape index (κ1) is 16.2. The van der Waals surface area contributed by atoms with E-state index in [0.29, 0.717) is 5.69 Å². The maximum Gasteiger partial charge on any atom is 0.250 e. The lowest BCUT2D eigenvalue weighted by molar-refractivity contribution is -0.114. The van der Waals surface area contributed by atoms with Gasteiger partial charge in [-0.2, -0.15) is 4.72 Å². The van der Waals surface area contributed by atoms with Crippen LogP contribution in [0.4, 0.5) is 5.69 Å². The molecule has 0 spiro atoms. The van der Waals surface area contributed by atoms with Crippen LogP contribution in [0, 0.1) is 11.8 Å². The molecule has 0 bridgehead atoms. The molecule has 1 aromatic carbocycles. The summed E-state index contributed by atoms with van der Waals surface area (Å²) in [4.78, 5) is 10.9. The van der Waals surface area contributed by atoms with Crippen LogP contribution in [0.3, 0.4) is 0 Å². The van der Waals surface area contributed by atoms with E-state index in [1.165, 1.54) is 6.92 Å². The molecule has 0 aliphatic heterocycles. The number of hydrogen-bond acceptors (Lipinski definition) is 4. The van der Waals surface area contributed by atoms with Crippen molar-refractivity contribution in [3.8, 4) is 11.8 Å². The van der Waals surface area contributed by atoms with Crippen molar-refractivity contribution < 1.29 is 13.2 Å². The van der Waals surface area contributed by atoms with E-state index in [2.05, 4.69) is 21.9 Å². The van der Waals surface area contributed by atoms with Crippen molar-refractivity contribution in [2.24, 2.45) is 0 Å². The number of carbonyl (C=O) groups is 1. The summed E-state index contributed by atoms with van der Waals surface area (Å²) in [5.41, 5.74) is 1.43. The second-order valence-corrected chi connectivity index (χ2v) is 7.26. The summed E-state index contributed by atoms with van der Waals surface area (Å²) < 4.78 is 26.4. The zero-order valence-electron chi connectivity index (χ0n) is 11.8. The van der Waals surface area contributed by atoms with Crippen LogP contribution in [0.5, 0.6) is 0 Å². The maximum atomic E-state index is 11.8. The molecule has 7 heteroatoms. The van der Waals surface area contributed by atoms with Gasteiger partial charge in [0.25, 0.3) is 10.0 Å². The predicted molar refractivity (Wildman–Crippen MR) is 87.1 cm³/mol. The molecule has 0 radical (unpaired) electrons. The fraction of sp³-hybridized carbons (Fsp3) is 0.133. The number of benzene rings is 1. The third-order valence-corrected chi connectivity index (χ3v) is 5.35.